The van der Waals surface area contributed by atoms with E-state index in [4.69, 9.17) is 0 Å². The van der Waals surface area contributed by atoms with Gasteiger partial charge < -0.3 is 0 Å². The summed E-state index contributed by atoms with van der Waals surface area (Å²) in [5.74, 6) is -1.06. The Labute approximate surface area is 249 Å². The minimum absolute atomic E-state index is 0.0554. The number of thiazole rings is 1. The van der Waals surface area contributed by atoms with Crippen LogP contribution < -0.4 is 5.01 Å². The molecule has 6 rings (SSSR count). The molecule has 13 heteroatoms. The summed E-state index contributed by atoms with van der Waals surface area (Å²) in [5.41, 5.74) is 3.09. The Hall–Kier alpha value is -4.85. The number of fused-ring (bicyclic) bond motifs is 2. The van der Waals surface area contributed by atoms with Gasteiger partial charge in [-0.05, 0) is 77.7 Å². The topological polar surface area (TPSA) is 126 Å². The molecule has 0 unspecified atom stereocenters. The number of nitro groups is 1. The first kappa shape index (κ1) is 28.3. The van der Waals surface area contributed by atoms with Crippen LogP contribution in [0.4, 0.5) is 15.2 Å². The van der Waals surface area contributed by atoms with Crippen LogP contribution in [0.5, 0.6) is 0 Å². The molecule has 4 aromatic carbocycles. The number of non-ortho nitro benzene ring substituents is 1. The number of hydrogen-bond acceptors (Lipinski definition) is 8. The fourth-order valence-corrected chi connectivity index (χ4v) is 7.05. The highest BCUT2D eigenvalue weighted by atomic mass is 32.2. The van der Waals surface area contributed by atoms with E-state index < -0.39 is 26.7 Å². The second kappa shape index (κ2) is 11.4. The average Bonchev–Trinajstić information content (AvgIpc) is 3.44. The summed E-state index contributed by atoms with van der Waals surface area (Å²) in [7, 11) is -3.81. The zero-order chi connectivity index (χ0) is 30.1. The zero-order valence-electron chi connectivity index (χ0n) is 22.3. The molecule has 43 heavy (non-hydrogen) atoms. The average molecular weight is 616 g/mol. The van der Waals surface area contributed by atoms with Gasteiger partial charge in [-0.25, -0.2) is 17.8 Å². The molecular formula is C30H22FN5O5S2. The van der Waals surface area contributed by atoms with Crippen molar-refractivity contribution in [2.45, 2.75) is 17.9 Å². The molecular weight excluding hydrogens is 593 g/mol. The standard InChI is InChI=1S/C30H22FN5O5S2/c31-24-9-14-27-28(17-24)42-30(33-27)35(32-18-20-5-10-25(11-6-20)36(38)39)29(37)22-7-12-26(13-8-22)43(40,41)34-16-15-21-3-1-2-4-23(21)19-34/h1-14,17-18H,15-16,19H2/b32-18+. The Kier molecular flexibility index (Phi) is 7.52. The summed E-state index contributed by atoms with van der Waals surface area (Å²) in [6, 6.07) is 23.0. The van der Waals surface area contributed by atoms with E-state index in [1.54, 1.807) is 0 Å². The molecule has 1 amide bonds. The molecule has 1 aliphatic rings. The Morgan fingerprint density at radius 2 is 1.74 bits per heavy atom. The number of carbonyl (C=O) groups is 1. The molecule has 0 radical (unpaired) electrons. The number of halogens is 1. The predicted molar refractivity (Wildman–Crippen MR) is 161 cm³/mol. The van der Waals surface area contributed by atoms with Crippen molar-refractivity contribution in [1.82, 2.24) is 9.29 Å². The molecule has 5 aromatic rings. The first-order valence-electron chi connectivity index (χ1n) is 13.0. The van der Waals surface area contributed by atoms with Gasteiger partial charge in [0.25, 0.3) is 11.6 Å². The van der Waals surface area contributed by atoms with Crippen LogP contribution in [-0.4, -0.2) is 41.3 Å². The number of amides is 1. The Bertz CT molecular complexity index is 1990. The second-order valence-corrected chi connectivity index (χ2v) is 12.6. The molecule has 0 spiro atoms. The molecule has 0 saturated carbocycles. The van der Waals surface area contributed by atoms with Crippen LogP contribution in [-0.2, 0) is 23.0 Å². The lowest BCUT2D eigenvalue weighted by Gasteiger charge is -2.28. The van der Waals surface area contributed by atoms with E-state index in [2.05, 4.69) is 10.1 Å². The van der Waals surface area contributed by atoms with Gasteiger partial charge in [0.05, 0.1) is 26.3 Å². The third-order valence-electron chi connectivity index (χ3n) is 6.97. The Morgan fingerprint density at radius 3 is 2.47 bits per heavy atom. The van der Waals surface area contributed by atoms with Crippen molar-refractivity contribution in [3.05, 3.63) is 129 Å². The van der Waals surface area contributed by atoms with Gasteiger partial charge in [-0.15, -0.1) is 0 Å². The monoisotopic (exact) mass is 615 g/mol. The molecule has 1 aromatic heterocycles. The predicted octanol–water partition coefficient (Wildman–Crippen LogP) is 5.77. The number of nitro benzene ring substituents is 1. The van der Waals surface area contributed by atoms with Gasteiger partial charge >= 0.3 is 0 Å². The zero-order valence-corrected chi connectivity index (χ0v) is 24.0. The van der Waals surface area contributed by atoms with Crippen LogP contribution in [0, 0.1) is 15.9 Å². The van der Waals surface area contributed by atoms with Crippen LogP contribution >= 0.6 is 11.3 Å². The SMILES string of the molecule is O=C(c1ccc(S(=O)(=O)N2CCc3ccccc3C2)cc1)N(/N=C/c1ccc([N+](=O)[O-])cc1)c1nc2ccc(F)cc2s1. The van der Waals surface area contributed by atoms with Crippen molar-refractivity contribution in [3.8, 4) is 0 Å². The first-order chi connectivity index (χ1) is 20.7. The molecule has 216 valence electrons. The number of aromatic nitrogens is 1. The van der Waals surface area contributed by atoms with E-state index in [9.17, 15) is 27.7 Å². The minimum atomic E-state index is -3.81. The fourth-order valence-electron chi connectivity index (χ4n) is 4.69. The quantitative estimate of drug-likeness (QED) is 0.130. The summed E-state index contributed by atoms with van der Waals surface area (Å²) < 4.78 is 42.6. The van der Waals surface area contributed by atoms with E-state index in [1.165, 1.54) is 77.2 Å². The molecule has 2 heterocycles. The molecule has 0 aliphatic carbocycles. The molecule has 0 bridgehead atoms. The van der Waals surface area contributed by atoms with E-state index in [1.807, 2.05) is 24.3 Å². The molecule has 1 aliphatic heterocycles. The summed E-state index contributed by atoms with van der Waals surface area (Å²) in [5, 5.41) is 16.5. The highest BCUT2D eigenvalue weighted by molar-refractivity contribution is 7.89. The maximum absolute atomic E-state index is 13.8. The fraction of sp³-hybridized carbons (Fsp3) is 0.100. The van der Waals surface area contributed by atoms with Crippen LogP contribution in [0.3, 0.4) is 0 Å². The van der Waals surface area contributed by atoms with Gasteiger partial charge in [-0.3, -0.25) is 14.9 Å². The lowest BCUT2D eigenvalue weighted by molar-refractivity contribution is -0.384. The van der Waals surface area contributed by atoms with E-state index in [0.717, 1.165) is 27.5 Å². The van der Waals surface area contributed by atoms with Crippen molar-refractivity contribution < 1.29 is 22.5 Å². The third-order valence-corrected chi connectivity index (χ3v) is 9.83. The number of rotatable bonds is 7. The van der Waals surface area contributed by atoms with Crippen molar-refractivity contribution >= 4 is 54.5 Å². The molecule has 0 atom stereocenters. The number of hydrogen-bond donors (Lipinski definition) is 0. The highest BCUT2D eigenvalue weighted by Crippen LogP contribution is 2.31. The van der Waals surface area contributed by atoms with Gasteiger partial charge in [0.2, 0.25) is 15.2 Å². The van der Waals surface area contributed by atoms with Gasteiger partial charge in [0.1, 0.15) is 5.82 Å². The van der Waals surface area contributed by atoms with Gasteiger partial charge in [-0.2, -0.15) is 14.4 Å². The number of hydrazone groups is 1. The number of carbonyl (C=O) groups excluding carboxylic acids is 1. The van der Waals surface area contributed by atoms with Crippen molar-refractivity contribution in [1.29, 1.82) is 0 Å². The van der Waals surface area contributed by atoms with Crippen LogP contribution in [0.15, 0.2) is 101 Å². The number of nitrogens with zero attached hydrogens (tertiary/aromatic N) is 5. The van der Waals surface area contributed by atoms with Crippen molar-refractivity contribution in [2.24, 2.45) is 5.10 Å². The van der Waals surface area contributed by atoms with Crippen molar-refractivity contribution in [2.75, 3.05) is 11.6 Å². The summed E-state index contributed by atoms with van der Waals surface area (Å²) in [6.45, 7) is 0.617. The van der Waals surface area contributed by atoms with E-state index >= 15 is 0 Å². The van der Waals surface area contributed by atoms with Gasteiger partial charge in [-0.1, -0.05) is 35.6 Å². The maximum Gasteiger partial charge on any atom is 0.280 e. The first-order valence-corrected chi connectivity index (χ1v) is 15.3. The lowest BCUT2D eigenvalue weighted by Crippen LogP contribution is -2.36. The van der Waals surface area contributed by atoms with Crippen LogP contribution in [0.2, 0.25) is 0 Å². The number of benzene rings is 4. The summed E-state index contributed by atoms with van der Waals surface area (Å²) >= 11 is 1.05. The van der Waals surface area contributed by atoms with Crippen LogP contribution in [0.1, 0.15) is 27.0 Å². The lowest BCUT2D eigenvalue weighted by atomic mass is 10.0. The van der Waals surface area contributed by atoms with Crippen molar-refractivity contribution in [3.63, 3.8) is 0 Å². The number of sulfonamides is 1. The maximum atomic E-state index is 13.8. The molecule has 0 fully saturated rings. The normalized spacial score (nSPS) is 13.7. The summed E-state index contributed by atoms with van der Waals surface area (Å²) in [6.07, 6.45) is 1.96. The molecule has 0 N–H and O–H groups in total. The van der Waals surface area contributed by atoms with E-state index in [0.29, 0.717) is 28.7 Å². The molecule has 10 nitrogen and oxygen atoms in total. The molecule has 0 saturated heterocycles. The van der Waals surface area contributed by atoms with E-state index in [-0.39, 0.29) is 27.8 Å². The smallest absolute Gasteiger partial charge is 0.267 e. The van der Waals surface area contributed by atoms with Crippen LogP contribution in [0.25, 0.3) is 10.2 Å². The Balaban J connectivity index is 1.29. The Morgan fingerprint density at radius 1 is 1.02 bits per heavy atom. The second-order valence-electron chi connectivity index (χ2n) is 9.70. The largest absolute Gasteiger partial charge is 0.280 e. The highest BCUT2D eigenvalue weighted by Gasteiger charge is 2.29. The number of anilines is 1. The van der Waals surface area contributed by atoms with Gasteiger partial charge in [0.15, 0.2) is 0 Å². The minimum Gasteiger partial charge on any atom is -0.267 e. The van der Waals surface area contributed by atoms with Gasteiger partial charge in [0, 0.05) is 30.8 Å². The third kappa shape index (κ3) is 5.78. The summed E-state index contributed by atoms with van der Waals surface area (Å²) in [4.78, 5) is 28.7.